The van der Waals surface area contributed by atoms with Gasteiger partial charge in [-0.2, -0.15) is 5.10 Å². The van der Waals surface area contributed by atoms with Gasteiger partial charge in [0.2, 0.25) is 0 Å². The number of ketones is 1. The molecular formula is C21H21N3O3. The Balaban J connectivity index is 1.52. The van der Waals surface area contributed by atoms with E-state index in [1.165, 1.54) is 6.26 Å². The molecule has 27 heavy (non-hydrogen) atoms. The summed E-state index contributed by atoms with van der Waals surface area (Å²) >= 11 is 0. The summed E-state index contributed by atoms with van der Waals surface area (Å²) in [5.41, 5.74) is 3.13. The number of carbonyl (C=O) groups is 2. The molecule has 138 valence electrons. The normalized spacial score (nSPS) is 13.9. The number of fused-ring (bicyclic) bond motifs is 1. The third kappa shape index (κ3) is 3.56. The largest absolute Gasteiger partial charge is 0.459 e. The van der Waals surface area contributed by atoms with Crippen molar-refractivity contribution in [3.05, 3.63) is 77.0 Å². The third-order valence-corrected chi connectivity index (χ3v) is 4.85. The lowest BCUT2D eigenvalue weighted by Gasteiger charge is -2.18. The zero-order valence-corrected chi connectivity index (χ0v) is 15.2. The molecule has 3 aromatic rings. The lowest BCUT2D eigenvalue weighted by Crippen LogP contribution is -2.30. The molecule has 6 nitrogen and oxygen atoms in total. The fourth-order valence-corrected chi connectivity index (χ4v) is 3.38. The van der Waals surface area contributed by atoms with E-state index >= 15 is 0 Å². The van der Waals surface area contributed by atoms with Gasteiger partial charge in [-0.1, -0.05) is 30.3 Å². The van der Waals surface area contributed by atoms with Gasteiger partial charge in [0.15, 0.2) is 11.5 Å². The second-order valence-electron chi connectivity index (χ2n) is 6.84. The number of benzene rings is 1. The maximum atomic E-state index is 12.8. The van der Waals surface area contributed by atoms with Crippen molar-refractivity contribution in [3.63, 3.8) is 0 Å². The van der Waals surface area contributed by atoms with Crippen LogP contribution >= 0.6 is 0 Å². The second kappa shape index (κ2) is 7.23. The standard InChI is InChI=1S/C21H21N3O3/c1-15-8-11-27-20(15)21(26)23-9-5-10-24-17(14-23)13-18(22-24)19(25)12-16-6-3-2-4-7-16/h2-4,6-8,11,13H,5,9-10,12,14H2,1H3. The molecule has 6 heteroatoms. The van der Waals surface area contributed by atoms with E-state index in [1.807, 2.05) is 48.0 Å². The maximum Gasteiger partial charge on any atom is 0.290 e. The molecule has 0 saturated carbocycles. The first-order chi connectivity index (χ1) is 13.1. The lowest BCUT2D eigenvalue weighted by atomic mass is 10.1. The molecule has 0 aliphatic carbocycles. The average Bonchev–Trinajstić information content (AvgIpc) is 3.22. The topological polar surface area (TPSA) is 68.3 Å². The van der Waals surface area contributed by atoms with Gasteiger partial charge >= 0.3 is 0 Å². The number of hydrogen-bond donors (Lipinski definition) is 0. The smallest absolute Gasteiger partial charge is 0.290 e. The summed E-state index contributed by atoms with van der Waals surface area (Å²) in [6, 6.07) is 13.2. The number of aromatic nitrogens is 2. The van der Waals surface area contributed by atoms with Gasteiger partial charge in [-0.25, -0.2) is 0 Å². The summed E-state index contributed by atoms with van der Waals surface area (Å²) in [6.45, 7) is 3.61. The Kier molecular flexibility index (Phi) is 4.62. The van der Waals surface area contributed by atoms with Crippen LogP contribution in [-0.4, -0.2) is 32.9 Å². The molecule has 4 rings (SSSR count). The van der Waals surface area contributed by atoms with Crippen LogP contribution in [-0.2, 0) is 19.5 Å². The van der Waals surface area contributed by atoms with Gasteiger partial charge in [0.25, 0.3) is 5.91 Å². The van der Waals surface area contributed by atoms with Crippen molar-refractivity contribution in [2.45, 2.75) is 32.9 Å². The Labute approximate surface area is 157 Å². The van der Waals surface area contributed by atoms with Gasteiger partial charge < -0.3 is 9.32 Å². The summed E-state index contributed by atoms with van der Waals surface area (Å²) in [7, 11) is 0. The van der Waals surface area contributed by atoms with Crippen molar-refractivity contribution >= 4 is 11.7 Å². The Bertz CT molecular complexity index is 972. The van der Waals surface area contributed by atoms with Crippen molar-refractivity contribution in [1.82, 2.24) is 14.7 Å². The molecule has 0 fully saturated rings. The van der Waals surface area contributed by atoms with Crippen LogP contribution in [0.25, 0.3) is 0 Å². The van der Waals surface area contributed by atoms with E-state index in [1.54, 1.807) is 11.0 Å². The zero-order valence-electron chi connectivity index (χ0n) is 15.2. The van der Waals surface area contributed by atoms with E-state index in [-0.39, 0.29) is 11.7 Å². The Hall–Kier alpha value is -3.15. The summed E-state index contributed by atoms with van der Waals surface area (Å²) in [5, 5.41) is 4.49. The summed E-state index contributed by atoms with van der Waals surface area (Å²) in [6.07, 6.45) is 2.64. The monoisotopic (exact) mass is 363 g/mol. The zero-order chi connectivity index (χ0) is 18.8. The number of hydrogen-bond acceptors (Lipinski definition) is 4. The molecular weight excluding hydrogens is 342 g/mol. The molecule has 2 aromatic heterocycles. The van der Waals surface area contributed by atoms with Crippen LogP contribution < -0.4 is 0 Å². The molecule has 1 aliphatic heterocycles. The first-order valence-corrected chi connectivity index (χ1v) is 9.09. The van der Waals surface area contributed by atoms with Crippen molar-refractivity contribution in [2.75, 3.05) is 6.54 Å². The summed E-state index contributed by atoms with van der Waals surface area (Å²) in [4.78, 5) is 27.1. The van der Waals surface area contributed by atoms with Crippen LogP contribution in [0.4, 0.5) is 0 Å². The molecule has 0 bridgehead atoms. The van der Waals surface area contributed by atoms with Crippen LogP contribution in [0.3, 0.4) is 0 Å². The molecule has 0 spiro atoms. The van der Waals surface area contributed by atoms with E-state index in [0.29, 0.717) is 37.5 Å². The molecule has 3 heterocycles. The fourth-order valence-electron chi connectivity index (χ4n) is 3.38. The Morgan fingerprint density at radius 2 is 1.96 bits per heavy atom. The van der Waals surface area contributed by atoms with Gasteiger partial charge in [-0.3, -0.25) is 14.3 Å². The minimum absolute atomic E-state index is 0.0125. The summed E-state index contributed by atoms with van der Waals surface area (Å²) in [5.74, 6) is 0.245. The van der Waals surface area contributed by atoms with Gasteiger partial charge in [0.05, 0.1) is 18.5 Å². The number of aryl methyl sites for hydroxylation is 2. The molecule has 0 N–H and O–H groups in total. The molecule has 1 aromatic carbocycles. The van der Waals surface area contributed by atoms with Crippen molar-refractivity contribution in [3.8, 4) is 0 Å². The van der Waals surface area contributed by atoms with Crippen LogP contribution in [0, 0.1) is 6.92 Å². The minimum Gasteiger partial charge on any atom is -0.459 e. The third-order valence-electron chi connectivity index (χ3n) is 4.85. The fraction of sp³-hybridized carbons (Fsp3) is 0.286. The molecule has 1 aliphatic rings. The van der Waals surface area contributed by atoms with Gasteiger partial charge in [-0.05, 0) is 31.0 Å². The first kappa shape index (κ1) is 17.3. The molecule has 0 saturated heterocycles. The number of rotatable bonds is 4. The minimum atomic E-state index is -0.121. The van der Waals surface area contributed by atoms with E-state index in [4.69, 9.17) is 4.42 Å². The molecule has 0 unspecified atom stereocenters. The quantitative estimate of drug-likeness (QED) is 0.667. The highest BCUT2D eigenvalue weighted by atomic mass is 16.3. The molecule has 0 radical (unpaired) electrons. The van der Waals surface area contributed by atoms with Gasteiger partial charge in [0.1, 0.15) is 5.69 Å². The van der Waals surface area contributed by atoms with Crippen LogP contribution in [0.2, 0.25) is 0 Å². The Morgan fingerprint density at radius 3 is 2.70 bits per heavy atom. The highest BCUT2D eigenvalue weighted by Gasteiger charge is 2.25. The van der Waals surface area contributed by atoms with Crippen molar-refractivity contribution in [1.29, 1.82) is 0 Å². The average molecular weight is 363 g/mol. The number of carbonyl (C=O) groups excluding carboxylic acids is 2. The van der Waals surface area contributed by atoms with E-state index < -0.39 is 0 Å². The highest BCUT2D eigenvalue weighted by Crippen LogP contribution is 2.19. The number of furan rings is 1. The number of amides is 1. The first-order valence-electron chi connectivity index (χ1n) is 9.09. The lowest BCUT2D eigenvalue weighted by molar-refractivity contribution is 0.0712. The summed E-state index contributed by atoms with van der Waals surface area (Å²) < 4.78 is 7.20. The van der Waals surface area contributed by atoms with Crippen LogP contribution in [0.1, 0.15) is 44.3 Å². The second-order valence-corrected chi connectivity index (χ2v) is 6.84. The van der Waals surface area contributed by atoms with E-state index in [9.17, 15) is 9.59 Å². The van der Waals surface area contributed by atoms with Gasteiger partial charge in [0, 0.05) is 25.1 Å². The molecule has 1 amide bonds. The Morgan fingerprint density at radius 1 is 1.15 bits per heavy atom. The van der Waals surface area contributed by atoms with Crippen LogP contribution in [0.15, 0.2) is 53.1 Å². The van der Waals surface area contributed by atoms with Gasteiger partial charge in [-0.15, -0.1) is 0 Å². The predicted molar refractivity (Wildman–Crippen MR) is 99.5 cm³/mol. The van der Waals surface area contributed by atoms with E-state index in [0.717, 1.165) is 23.2 Å². The predicted octanol–water partition coefficient (Wildman–Crippen LogP) is 3.26. The maximum absolute atomic E-state index is 12.8. The van der Waals surface area contributed by atoms with Crippen LogP contribution in [0.5, 0.6) is 0 Å². The van der Waals surface area contributed by atoms with Crippen molar-refractivity contribution in [2.24, 2.45) is 0 Å². The SMILES string of the molecule is Cc1ccoc1C(=O)N1CCCn2nc(C(=O)Cc3ccccc3)cc2C1. The van der Waals surface area contributed by atoms with Crippen molar-refractivity contribution < 1.29 is 14.0 Å². The molecule has 0 atom stereocenters. The number of Topliss-reactive ketones (excluding diaryl/α,β-unsaturated/α-hetero) is 1. The number of nitrogens with zero attached hydrogens (tertiary/aromatic N) is 3. The highest BCUT2D eigenvalue weighted by molar-refractivity contribution is 5.96. The van der Waals surface area contributed by atoms with E-state index in [2.05, 4.69) is 5.10 Å².